The number of non-ortho nitro benzene ring substituents is 2. The first-order valence-corrected chi connectivity index (χ1v) is 9.81. The van der Waals surface area contributed by atoms with Crippen LogP contribution in [0.25, 0.3) is 0 Å². The summed E-state index contributed by atoms with van der Waals surface area (Å²) in [5.74, 6) is 0. The van der Waals surface area contributed by atoms with Crippen molar-refractivity contribution in [3.63, 3.8) is 0 Å². The number of rotatable bonds is 9. The van der Waals surface area contributed by atoms with E-state index in [9.17, 15) is 20.2 Å². The molecule has 0 saturated carbocycles. The van der Waals surface area contributed by atoms with E-state index in [1.807, 2.05) is 24.3 Å². The molecular formula is C22H28N2O4. The molecule has 0 unspecified atom stereocenters. The first-order valence-electron chi connectivity index (χ1n) is 9.81. The summed E-state index contributed by atoms with van der Waals surface area (Å²) in [4.78, 5) is 21.4. The average molecular weight is 384 g/mol. The molecule has 0 atom stereocenters. The predicted molar refractivity (Wildman–Crippen MR) is 111 cm³/mol. The van der Waals surface area contributed by atoms with Crippen LogP contribution >= 0.6 is 0 Å². The topological polar surface area (TPSA) is 86.3 Å². The molecule has 0 N–H and O–H groups in total. The Kier molecular flexibility index (Phi) is 6.54. The smallest absolute Gasteiger partial charge is 0.258 e. The Morgan fingerprint density at radius 3 is 1.04 bits per heavy atom. The molecule has 6 heteroatoms. The number of nitro benzene ring substituents is 2. The second kappa shape index (κ2) is 8.50. The summed E-state index contributed by atoms with van der Waals surface area (Å²) in [6, 6.07) is 13.8. The standard InChI is InChI=1S/C22H28N2O4/c1-5-21(6-2,17-9-13-19(14-10-17)23(25)26)22(7-3,8-4)18-11-15-20(16-12-18)24(27)28/h9-16H,5-8H2,1-4H3. The van der Waals surface area contributed by atoms with Crippen molar-refractivity contribution in [1.82, 2.24) is 0 Å². The Bertz CT molecular complexity index is 749. The molecule has 0 bridgehead atoms. The maximum absolute atomic E-state index is 11.1. The van der Waals surface area contributed by atoms with E-state index in [0.717, 1.165) is 36.8 Å². The minimum Gasteiger partial charge on any atom is -0.258 e. The van der Waals surface area contributed by atoms with E-state index in [2.05, 4.69) is 27.7 Å². The molecule has 150 valence electrons. The summed E-state index contributed by atoms with van der Waals surface area (Å²) < 4.78 is 0. The summed E-state index contributed by atoms with van der Waals surface area (Å²) in [5.41, 5.74) is 1.84. The lowest BCUT2D eigenvalue weighted by Gasteiger charge is -2.51. The van der Waals surface area contributed by atoms with Gasteiger partial charge in [-0.1, -0.05) is 52.0 Å². The van der Waals surface area contributed by atoms with Gasteiger partial charge in [0.1, 0.15) is 0 Å². The zero-order valence-corrected chi connectivity index (χ0v) is 17.0. The van der Waals surface area contributed by atoms with Crippen molar-refractivity contribution in [2.45, 2.75) is 64.2 Å². The van der Waals surface area contributed by atoms with Crippen molar-refractivity contribution in [2.24, 2.45) is 0 Å². The molecule has 0 heterocycles. The second-order valence-corrected chi connectivity index (χ2v) is 7.19. The fourth-order valence-corrected chi connectivity index (χ4v) is 5.03. The van der Waals surface area contributed by atoms with Crippen LogP contribution in [0, 0.1) is 20.2 Å². The largest absolute Gasteiger partial charge is 0.269 e. The molecule has 28 heavy (non-hydrogen) atoms. The predicted octanol–water partition coefficient (Wildman–Crippen LogP) is 6.32. The average Bonchev–Trinajstić information content (AvgIpc) is 2.72. The van der Waals surface area contributed by atoms with Crippen LogP contribution in [-0.2, 0) is 10.8 Å². The van der Waals surface area contributed by atoms with Gasteiger partial charge in [-0.2, -0.15) is 0 Å². The highest BCUT2D eigenvalue weighted by atomic mass is 16.6. The molecule has 0 fully saturated rings. The van der Waals surface area contributed by atoms with Crippen LogP contribution in [-0.4, -0.2) is 9.85 Å². The molecule has 0 aromatic heterocycles. The quantitative estimate of drug-likeness (QED) is 0.374. The molecule has 0 aliphatic carbocycles. The first kappa shape index (κ1) is 21.5. The van der Waals surface area contributed by atoms with Gasteiger partial charge in [-0.25, -0.2) is 0 Å². The Morgan fingerprint density at radius 1 is 0.607 bits per heavy atom. The van der Waals surface area contributed by atoms with Crippen LogP contribution < -0.4 is 0 Å². The third kappa shape index (κ3) is 3.39. The van der Waals surface area contributed by atoms with Crippen LogP contribution in [0.2, 0.25) is 0 Å². The lowest BCUT2D eigenvalue weighted by Crippen LogP contribution is -2.48. The molecule has 0 amide bonds. The van der Waals surface area contributed by atoms with Gasteiger partial charge in [0.15, 0.2) is 0 Å². The molecule has 0 radical (unpaired) electrons. The molecular weight excluding hydrogens is 356 g/mol. The normalized spacial score (nSPS) is 12.0. The van der Waals surface area contributed by atoms with E-state index in [4.69, 9.17) is 0 Å². The van der Waals surface area contributed by atoms with Gasteiger partial charge in [-0.3, -0.25) is 20.2 Å². The van der Waals surface area contributed by atoms with Gasteiger partial charge in [0.05, 0.1) is 9.85 Å². The summed E-state index contributed by atoms with van der Waals surface area (Å²) in [5, 5.41) is 22.1. The van der Waals surface area contributed by atoms with Crippen LogP contribution in [0.5, 0.6) is 0 Å². The van der Waals surface area contributed by atoms with Gasteiger partial charge in [0.25, 0.3) is 11.4 Å². The number of hydrogen-bond acceptors (Lipinski definition) is 4. The van der Waals surface area contributed by atoms with Crippen LogP contribution in [0.3, 0.4) is 0 Å². The minimum atomic E-state index is -0.382. The summed E-state index contributed by atoms with van der Waals surface area (Å²) in [6.45, 7) is 8.60. The minimum absolute atomic E-state index is 0.0822. The summed E-state index contributed by atoms with van der Waals surface area (Å²) >= 11 is 0. The van der Waals surface area contributed by atoms with Gasteiger partial charge in [0.2, 0.25) is 0 Å². The number of nitro groups is 2. The van der Waals surface area contributed by atoms with Crippen molar-refractivity contribution in [3.8, 4) is 0 Å². The van der Waals surface area contributed by atoms with Gasteiger partial charge in [0, 0.05) is 35.1 Å². The number of benzene rings is 2. The van der Waals surface area contributed by atoms with E-state index in [1.165, 1.54) is 0 Å². The van der Waals surface area contributed by atoms with Crippen LogP contribution in [0.4, 0.5) is 11.4 Å². The molecule has 0 saturated heterocycles. The monoisotopic (exact) mass is 384 g/mol. The molecule has 2 aromatic carbocycles. The van der Waals surface area contributed by atoms with Crippen molar-refractivity contribution in [2.75, 3.05) is 0 Å². The van der Waals surface area contributed by atoms with Crippen LogP contribution in [0.1, 0.15) is 64.5 Å². The Morgan fingerprint density at radius 2 is 0.857 bits per heavy atom. The van der Waals surface area contributed by atoms with Crippen LogP contribution in [0.15, 0.2) is 48.5 Å². The molecule has 0 aliphatic rings. The van der Waals surface area contributed by atoms with E-state index < -0.39 is 0 Å². The first-order chi connectivity index (χ1) is 13.3. The molecule has 6 nitrogen and oxygen atoms in total. The van der Waals surface area contributed by atoms with Gasteiger partial charge >= 0.3 is 0 Å². The van der Waals surface area contributed by atoms with E-state index in [1.54, 1.807) is 24.3 Å². The van der Waals surface area contributed by atoms with Crippen molar-refractivity contribution in [1.29, 1.82) is 0 Å². The Hall–Kier alpha value is -2.76. The lowest BCUT2D eigenvalue weighted by atomic mass is 9.52. The van der Waals surface area contributed by atoms with E-state index in [0.29, 0.717) is 0 Å². The number of nitrogens with zero attached hydrogens (tertiary/aromatic N) is 2. The van der Waals surface area contributed by atoms with Gasteiger partial charge < -0.3 is 0 Å². The maximum Gasteiger partial charge on any atom is 0.269 e. The fourth-order valence-electron chi connectivity index (χ4n) is 5.03. The van der Waals surface area contributed by atoms with E-state index in [-0.39, 0.29) is 32.1 Å². The maximum atomic E-state index is 11.1. The van der Waals surface area contributed by atoms with E-state index >= 15 is 0 Å². The Labute approximate surface area is 165 Å². The third-order valence-corrected chi connectivity index (χ3v) is 6.59. The van der Waals surface area contributed by atoms with Crippen molar-refractivity contribution < 1.29 is 9.85 Å². The summed E-state index contributed by atoms with van der Waals surface area (Å²) in [6.07, 6.45) is 3.44. The second-order valence-electron chi connectivity index (χ2n) is 7.19. The molecule has 2 rings (SSSR count). The van der Waals surface area contributed by atoms with Crippen molar-refractivity contribution >= 4 is 11.4 Å². The summed E-state index contributed by atoms with van der Waals surface area (Å²) in [7, 11) is 0. The van der Waals surface area contributed by atoms with Gasteiger partial charge in [-0.15, -0.1) is 0 Å². The lowest BCUT2D eigenvalue weighted by molar-refractivity contribution is -0.385. The highest BCUT2D eigenvalue weighted by Gasteiger charge is 2.49. The fraction of sp³-hybridized carbons (Fsp3) is 0.455. The number of hydrogen-bond donors (Lipinski definition) is 0. The van der Waals surface area contributed by atoms with Gasteiger partial charge in [-0.05, 0) is 36.8 Å². The zero-order chi connectivity index (χ0) is 20.9. The zero-order valence-electron chi connectivity index (χ0n) is 17.0. The highest BCUT2D eigenvalue weighted by molar-refractivity contribution is 5.44. The van der Waals surface area contributed by atoms with Crippen molar-refractivity contribution in [3.05, 3.63) is 79.9 Å². The molecule has 2 aromatic rings. The molecule has 0 aliphatic heterocycles. The third-order valence-electron chi connectivity index (χ3n) is 6.59. The highest BCUT2D eigenvalue weighted by Crippen LogP contribution is 2.53. The SMILES string of the molecule is CCC(CC)(c1ccc([N+](=O)[O-])cc1)C(CC)(CC)c1ccc([N+](=O)[O-])cc1. The Balaban J connectivity index is 2.68. The molecule has 0 spiro atoms.